The predicted molar refractivity (Wildman–Crippen MR) is 74.7 cm³/mol. The van der Waals surface area contributed by atoms with E-state index in [1.54, 1.807) is 0 Å². The molecule has 2 unspecified atom stereocenters. The lowest BCUT2D eigenvalue weighted by Crippen LogP contribution is -2.41. The van der Waals surface area contributed by atoms with Crippen LogP contribution in [0.4, 0.5) is 0 Å². The molecule has 1 aliphatic rings. The van der Waals surface area contributed by atoms with Crippen LogP contribution in [-0.4, -0.2) is 26.0 Å². The van der Waals surface area contributed by atoms with E-state index in [1.165, 1.54) is 0 Å². The van der Waals surface area contributed by atoms with E-state index in [1.807, 2.05) is 31.2 Å². The molecule has 1 fully saturated rings. The van der Waals surface area contributed by atoms with Gasteiger partial charge in [0.05, 0.1) is 11.5 Å². The van der Waals surface area contributed by atoms with Crippen LogP contribution in [0.2, 0.25) is 5.02 Å². The van der Waals surface area contributed by atoms with Crippen LogP contribution in [0.15, 0.2) is 24.3 Å². The lowest BCUT2D eigenvalue weighted by Gasteiger charge is -2.26. The van der Waals surface area contributed by atoms with Crippen molar-refractivity contribution < 1.29 is 8.42 Å². The Balaban J connectivity index is 1.99. The topological polar surface area (TPSA) is 46.2 Å². The maximum atomic E-state index is 11.6. The summed E-state index contributed by atoms with van der Waals surface area (Å²) in [5, 5.41) is 4.10. The van der Waals surface area contributed by atoms with E-state index in [0.29, 0.717) is 10.8 Å². The van der Waals surface area contributed by atoms with Crippen LogP contribution in [0.1, 0.15) is 31.4 Å². The predicted octanol–water partition coefficient (Wildman–Crippen LogP) is 2.57. The van der Waals surface area contributed by atoms with Gasteiger partial charge in [-0.05, 0) is 37.5 Å². The van der Waals surface area contributed by atoms with E-state index in [4.69, 9.17) is 11.6 Å². The molecule has 0 aliphatic carbocycles. The summed E-state index contributed by atoms with van der Waals surface area (Å²) in [5.74, 6) is 0.589. The average Bonchev–Trinajstić information content (AvgIpc) is 2.28. The van der Waals surface area contributed by atoms with Gasteiger partial charge >= 0.3 is 0 Å². The van der Waals surface area contributed by atoms with E-state index in [9.17, 15) is 8.42 Å². The molecule has 1 aliphatic heterocycles. The third-order valence-electron chi connectivity index (χ3n) is 3.32. The van der Waals surface area contributed by atoms with Crippen LogP contribution in [0, 0.1) is 0 Å². The molecule has 1 saturated heterocycles. The van der Waals surface area contributed by atoms with Gasteiger partial charge in [0, 0.05) is 17.1 Å². The van der Waals surface area contributed by atoms with Crippen molar-refractivity contribution >= 4 is 21.4 Å². The molecule has 0 amide bonds. The normalized spacial score (nSPS) is 24.7. The van der Waals surface area contributed by atoms with Gasteiger partial charge in [-0.1, -0.05) is 23.7 Å². The molecule has 18 heavy (non-hydrogen) atoms. The van der Waals surface area contributed by atoms with Crippen molar-refractivity contribution in [2.75, 3.05) is 11.5 Å². The Morgan fingerprint density at radius 2 is 2.00 bits per heavy atom. The van der Waals surface area contributed by atoms with Crippen LogP contribution < -0.4 is 5.32 Å². The smallest absolute Gasteiger partial charge is 0.151 e. The second-order valence-corrected chi connectivity index (χ2v) is 7.56. The maximum absolute atomic E-state index is 11.6. The van der Waals surface area contributed by atoms with Gasteiger partial charge in [-0.2, -0.15) is 0 Å². The first-order valence-electron chi connectivity index (χ1n) is 6.18. The molecule has 1 aromatic rings. The first-order valence-corrected chi connectivity index (χ1v) is 8.38. The summed E-state index contributed by atoms with van der Waals surface area (Å²) in [6.45, 7) is 2.05. The summed E-state index contributed by atoms with van der Waals surface area (Å²) >= 11 is 5.85. The van der Waals surface area contributed by atoms with Crippen molar-refractivity contribution in [3.05, 3.63) is 34.9 Å². The first kappa shape index (κ1) is 13.8. The van der Waals surface area contributed by atoms with Gasteiger partial charge in [-0.15, -0.1) is 0 Å². The Morgan fingerprint density at radius 1 is 1.33 bits per heavy atom. The fraction of sp³-hybridized carbons (Fsp3) is 0.538. The third-order valence-corrected chi connectivity index (χ3v) is 5.39. The molecule has 0 spiro atoms. The van der Waals surface area contributed by atoms with Crippen LogP contribution in [0.25, 0.3) is 0 Å². The Kier molecular flexibility index (Phi) is 4.30. The summed E-state index contributed by atoms with van der Waals surface area (Å²) in [7, 11) is -2.85. The SMILES string of the molecule is CC(NC1CCCS(=O)(=O)C1)c1ccc(Cl)cc1. The van der Waals surface area contributed by atoms with Crippen molar-refractivity contribution in [2.24, 2.45) is 0 Å². The number of nitrogens with one attached hydrogen (secondary N) is 1. The summed E-state index contributed by atoms with van der Waals surface area (Å²) in [6, 6.07) is 7.85. The highest BCUT2D eigenvalue weighted by atomic mass is 35.5. The lowest BCUT2D eigenvalue weighted by molar-refractivity contribution is 0.437. The monoisotopic (exact) mass is 287 g/mol. The van der Waals surface area contributed by atoms with Crippen LogP contribution in [0.5, 0.6) is 0 Å². The third kappa shape index (κ3) is 3.70. The molecule has 1 N–H and O–H groups in total. The van der Waals surface area contributed by atoms with Gasteiger partial charge in [-0.3, -0.25) is 0 Å². The summed E-state index contributed by atoms with van der Waals surface area (Å²) < 4.78 is 23.1. The summed E-state index contributed by atoms with van der Waals surface area (Å²) in [4.78, 5) is 0. The minimum Gasteiger partial charge on any atom is -0.306 e. The van der Waals surface area contributed by atoms with E-state index < -0.39 is 9.84 Å². The lowest BCUT2D eigenvalue weighted by atomic mass is 10.1. The Hall–Kier alpha value is -0.580. The number of benzene rings is 1. The van der Waals surface area contributed by atoms with Crippen LogP contribution in [-0.2, 0) is 9.84 Å². The first-order chi connectivity index (χ1) is 8.46. The molecule has 3 nitrogen and oxygen atoms in total. The quantitative estimate of drug-likeness (QED) is 0.929. The van der Waals surface area contributed by atoms with Crippen molar-refractivity contribution in [3.63, 3.8) is 0 Å². The van der Waals surface area contributed by atoms with Gasteiger partial charge in [0.1, 0.15) is 0 Å². The Morgan fingerprint density at radius 3 is 2.61 bits per heavy atom. The number of halogens is 1. The minimum absolute atomic E-state index is 0.0643. The fourth-order valence-corrected chi connectivity index (χ4v) is 4.13. The molecule has 5 heteroatoms. The average molecular weight is 288 g/mol. The second kappa shape index (κ2) is 5.59. The Labute approximate surface area is 113 Å². The zero-order chi connectivity index (χ0) is 13.2. The summed E-state index contributed by atoms with van der Waals surface area (Å²) in [6.07, 6.45) is 1.69. The minimum atomic E-state index is -2.85. The van der Waals surface area contributed by atoms with E-state index >= 15 is 0 Å². The second-order valence-electron chi connectivity index (χ2n) is 4.89. The van der Waals surface area contributed by atoms with Gasteiger partial charge in [-0.25, -0.2) is 8.42 Å². The van der Waals surface area contributed by atoms with E-state index in [0.717, 1.165) is 18.4 Å². The van der Waals surface area contributed by atoms with E-state index in [2.05, 4.69) is 5.32 Å². The zero-order valence-electron chi connectivity index (χ0n) is 10.4. The molecule has 1 heterocycles. The summed E-state index contributed by atoms with van der Waals surface area (Å²) in [5.41, 5.74) is 1.13. The number of sulfone groups is 1. The van der Waals surface area contributed by atoms with Crippen molar-refractivity contribution in [3.8, 4) is 0 Å². The van der Waals surface area contributed by atoms with E-state index in [-0.39, 0.29) is 17.8 Å². The molecule has 0 radical (unpaired) electrons. The highest BCUT2D eigenvalue weighted by Crippen LogP contribution is 2.19. The number of hydrogen-bond acceptors (Lipinski definition) is 3. The largest absolute Gasteiger partial charge is 0.306 e. The molecule has 0 saturated carbocycles. The van der Waals surface area contributed by atoms with Crippen LogP contribution >= 0.6 is 11.6 Å². The maximum Gasteiger partial charge on any atom is 0.151 e. The van der Waals surface area contributed by atoms with Gasteiger partial charge in [0.15, 0.2) is 9.84 Å². The molecule has 2 atom stereocenters. The number of hydrogen-bond donors (Lipinski definition) is 1. The molecule has 100 valence electrons. The molecular weight excluding hydrogens is 270 g/mol. The standard InChI is InChI=1S/C13H18ClNO2S/c1-10(11-4-6-12(14)7-5-11)15-13-3-2-8-18(16,17)9-13/h4-7,10,13,15H,2-3,8-9H2,1H3. The number of rotatable bonds is 3. The molecule has 1 aromatic carbocycles. The van der Waals surface area contributed by atoms with Crippen molar-refractivity contribution in [2.45, 2.75) is 31.8 Å². The van der Waals surface area contributed by atoms with Crippen molar-refractivity contribution in [1.82, 2.24) is 5.32 Å². The molecule has 2 rings (SSSR count). The molecule has 0 bridgehead atoms. The van der Waals surface area contributed by atoms with Gasteiger partial charge < -0.3 is 5.32 Å². The van der Waals surface area contributed by atoms with Crippen molar-refractivity contribution in [1.29, 1.82) is 0 Å². The van der Waals surface area contributed by atoms with Crippen LogP contribution in [0.3, 0.4) is 0 Å². The highest BCUT2D eigenvalue weighted by Gasteiger charge is 2.25. The van der Waals surface area contributed by atoms with Gasteiger partial charge in [0.2, 0.25) is 0 Å². The van der Waals surface area contributed by atoms with Gasteiger partial charge in [0.25, 0.3) is 0 Å². The highest BCUT2D eigenvalue weighted by molar-refractivity contribution is 7.91. The Bertz CT molecular complexity index is 498. The fourth-order valence-electron chi connectivity index (χ4n) is 2.36. The molecule has 0 aromatic heterocycles. The molecular formula is C13H18ClNO2S. The zero-order valence-corrected chi connectivity index (χ0v) is 12.0.